The summed E-state index contributed by atoms with van der Waals surface area (Å²) in [6, 6.07) is 3.31. The minimum Gasteiger partial charge on any atom is -0.392 e. The summed E-state index contributed by atoms with van der Waals surface area (Å²) in [5.41, 5.74) is 0.667. The Bertz CT molecular complexity index is 453. The average molecular weight is 198 g/mol. The van der Waals surface area contributed by atoms with Crippen LogP contribution in [0.2, 0.25) is 0 Å². The topological polar surface area (TPSA) is 38.0 Å². The quantitative estimate of drug-likeness (QED) is 0.800. The number of aliphatic hydroxyl groups is 1. The van der Waals surface area contributed by atoms with E-state index in [1.165, 1.54) is 12.4 Å². The fourth-order valence-corrected chi connectivity index (χ4v) is 1.43. The third-order valence-corrected chi connectivity index (χ3v) is 2.05. The molecule has 0 saturated carbocycles. The van der Waals surface area contributed by atoms with Crippen LogP contribution in [-0.2, 0) is 6.61 Å². The maximum Gasteiger partial charge on any atom is 0.320 e. The van der Waals surface area contributed by atoms with Crippen molar-refractivity contribution in [1.82, 2.24) is 9.55 Å². The number of fused-ring (bicyclic) bond motifs is 1. The number of alkyl halides is 2. The summed E-state index contributed by atoms with van der Waals surface area (Å²) < 4.78 is 25.7. The smallest absolute Gasteiger partial charge is 0.320 e. The van der Waals surface area contributed by atoms with Crippen LogP contribution in [0, 0.1) is 0 Å². The van der Waals surface area contributed by atoms with Crippen molar-refractivity contribution in [2.75, 3.05) is 0 Å². The molecule has 0 fully saturated rings. The minimum absolute atomic E-state index is 0.201. The third-order valence-electron chi connectivity index (χ3n) is 2.05. The Balaban J connectivity index is 2.73. The van der Waals surface area contributed by atoms with Crippen LogP contribution in [0.1, 0.15) is 12.1 Å². The summed E-state index contributed by atoms with van der Waals surface area (Å²) in [6.07, 6.45) is 2.67. The van der Waals surface area contributed by atoms with E-state index in [4.69, 9.17) is 5.11 Å². The summed E-state index contributed by atoms with van der Waals surface area (Å²) in [4.78, 5) is 3.84. The zero-order chi connectivity index (χ0) is 10.1. The summed E-state index contributed by atoms with van der Waals surface area (Å²) in [6.45, 7) is -2.89. The van der Waals surface area contributed by atoms with E-state index in [9.17, 15) is 8.78 Å². The summed E-state index contributed by atoms with van der Waals surface area (Å²) >= 11 is 0. The highest BCUT2D eigenvalue weighted by atomic mass is 19.3. The monoisotopic (exact) mass is 198 g/mol. The lowest BCUT2D eigenvalue weighted by Gasteiger charge is -2.00. The van der Waals surface area contributed by atoms with Crippen LogP contribution in [0.15, 0.2) is 24.5 Å². The van der Waals surface area contributed by atoms with Gasteiger partial charge in [0.25, 0.3) is 0 Å². The van der Waals surface area contributed by atoms with Gasteiger partial charge in [0, 0.05) is 23.3 Å². The maximum atomic E-state index is 12.5. The Labute approximate surface area is 78.6 Å². The first-order valence-electron chi connectivity index (χ1n) is 4.07. The van der Waals surface area contributed by atoms with Gasteiger partial charge in [0.1, 0.15) is 5.65 Å². The number of nitrogens with zero attached hydrogens (tertiary/aromatic N) is 2. The van der Waals surface area contributed by atoms with Gasteiger partial charge in [-0.2, -0.15) is 8.78 Å². The van der Waals surface area contributed by atoms with Crippen molar-refractivity contribution in [3.63, 3.8) is 0 Å². The second-order valence-electron chi connectivity index (χ2n) is 2.87. The highest BCUT2D eigenvalue weighted by Crippen LogP contribution is 2.23. The number of hydrogen-bond acceptors (Lipinski definition) is 2. The van der Waals surface area contributed by atoms with E-state index >= 15 is 0 Å². The van der Waals surface area contributed by atoms with Gasteiger partial charge in [0.15, 0.2) is 0 Å². The molecule has 14 heavy (non-hydrogen) atoms. The van der Waals surface area contributed by atoms with Gasteiger partial charge in [-0.25, -0.2) is 4.98 Å². The van der Waals surface area contributed by atoms with Gasteiger partial charge >= 0.3 is 6.55 Å². The number of rotatable bonds is 2. The first-order chi connectivity index (χ1) is 6.74. The molecular formula is C9H8F2N2O. The standard InChI is InChI=1S/C9H8F2N2O/c10-9(11)13-4-6(5-14)7-2-1-3-12-8(7)13/h1-4,9,14H,5H2. The van der Waals surface area contributed by atoms with E-state index in [0.717, 1.165) is 4.57 Å². The predicted octanol–water partition coefficient (Wildman–Crippen LogP) is 1.92. The van der Waals surface area contributed by atoms with Gasteiger partial charge in [-0.15, -0.1) is 0 Å². The van der Waals surface area contributed by atoms with Crippen LogP contribution in [0.4, 0.5) is 8.78 Å². The van der Waals surface area contributed by atoms with Crippen molar-refractivity contribution >= 4 is 11.0 Å². The van der Waals surface area contributed by atoms with Crippen molar-refractivity contribution in [2.45, 2.75) is 13.2 Å². The van der Waals surface area contributed by atoms with Gasteiger partial charge in [-0.1, -0.05) is 0 Å². The Kier molecular flexibility index (Phi) is 2.17. The zero-order valence-electron chi connectivity index (χ0n) is 7.19. The van der Waals surface area contributed by atoms with Gasteiger partial charge in [-0.3, -0.25) is 4.57 Å². The van der Waals surface area contributed by atoms with E-state index in [0.29, 0.717) is 10.9 Å². The van der Waals surface area contributed by atoms with Crippen LogP contribution in [0.25, 0.3) is 11.0 Å². The van der Waals surface area contributed by atoms with E-state index in [1.807, 2.05) is 0 Å². The molecule has 2 rings (SSSR count). The molecule has 1 N–H and O–H groups in total. The molecule has 0 spiro atoms. The Morgan fingerprint density at radius 3 is 2.93 bits per heavy atom. The van der Waals surface area contributed by atoms with Crippen LogP contribution < -0.4 is 0 Å². The van der Waals surface area contributed by atoms with Crippen molar-refractivity contribution in [1.29, 1.82) is 0 Å². The van der Waals surface area contributed by atoms with E-state index < -0.39 is 6.55 Å². The highest BCUT2D eigenvalue weighted by molar-refractivity contribution is 5.80. The van der Waals surface area contributed by atoms with Crippen LogP contribution in [0.3, 0.4) is 0 Å². The molecular weight excluding hydrogens is 190 g/mol. The number of aromatic nitrogens is 2. The molecule has 0 aliphatic rings. The normalized spacial score (nSPS) is 11.4. The van der Waals surface area contributed by atoms with Gasteiger partial charge in [0.05, 0.1) is 6.61 Å². The second kappa shape index (κ2) is 3.34. The fraction of sp³-hybridized carbons (Fsp3) is 0.222. The molecule has 0 saturated heterocycles. The Hall–Kier alpha value is -1.49. The molecule has 5 heteroatoms. The molecule has 0 aliphatic carbocycles. The second-order valence-corrected chi connectivity index (χ2v) is 2.87. The van der Waals surface area contributed by atoms with E-state index in [-0.39, 0.29) is 12.3 Å². The number of aliphatic hydroxyl groups excluding tert-OH is 1. The van der Waals surface area contributed by atoms with Crippen LogP contribution in [-0.4, -0.2) is 14.7 Å². The van der Waals surface area contributed by atoms with Crippen molar-refractivity contribution in [3.05, 3.63) is 30.1 Å². The molecule has 0 bridgehead atoms. The summed E-state index contributed by atoms with van der Waals surface area (Å²) in [5.74, 6) is 0. The summed E-state index contributed by atoms with van der Waals surface area (Å²) in [7, 11) is 0. The maximum absolute atomic E-state index is 12.5. The third kappa shape index (κ3) is 1.26. The van der Waals surface area contributed by atoms with E-state index in [1.54, 1.807) is 12.1 Å². The molecule has 0 radical (unpaired) electrons. The van der Waals surface area contributed by atoms with Crippen molar-refractivity contribution < 1.29 is 13.9 Å². The molecule has 3 nitrogen and oxygen atoms in total. The molecule has 74 valence electrons. The number of pyridine rings is 1. The Morgan fingerprint density at radius 1 is 1.50 bits per heavy atom. The van der Waals surface area contributed by atoms with Gasteiger partial charge in [0.2, 0.25) is 0 Å². The molecule has 0 amide bonds. The molecule has 0 aliphatic heterocycles. The summed E-state index contributed by atoms with van der Waals surface area (Å²) in [5, 5.41) is 9.51. The highest BCUT2D eigenvalue weighted by Gasteiger charge is 2.13. The van der Waals surface area contributed by atoms with E-state index in [2.05, 4.69) is 4.98 Å². The molecule has 2 heterocycles. The van der Waals surface area contributed by atoms with Gasteiger partial charge in [-0.05, 0) is 12.1 Å². The fourth-order valence-electron chi connectivity index (χ4n) is 1.43. The lowest BCUT2D eigenvalue weighted by molar-refractivity contribution is 0.0743. The first kappa shape index (κ1) is 9.08. The number of halogens is 2. The van der Waals surface area contributed by atoms with Crippen LogP contribution >= 0.6 is 0 Å². The lowest BCUT2D eigenvalue weighted by atomic mass is 10.2. The van der Waals surface area contributed by atoms with Crippen LogP contribution in [0.5, 0.6) is 0 Å². The number of hydrogen-bond donors (Lipinski definition) is 1. The van der Waals surface area contributed by atoms with Crippen molar-refractivity contribution in [3.8, 4) is 0 Å². The first-order valence-corrected chi connectivity index (χ1v) is 4.07. The predicted molar refractivity (Wildman–Crippen MR) is 46.9 cm³/mol. The molecule has 0 aromatic carbocycles. The molecule has 2 aromatic rings. The zero-order valence-corrected chi connectivity index (χ0v) is 7.19. The largest absolute Gasteiger partial charge is 0.392 e. The minimum atomic E-state index is -2.63. The molecule has 0 unspecified atom stereocenters. The van der Waals surface area contributed by atoms with Crippen molar-refractivity contribution in [2.24, 2.45) is 0 Å². The SMILES string of the molecule is OCc1cn(C(F)F)c2ncccc12. The molecule has 0 atom stereocenters. The lowest BCUT2D eigenvalue weighted by Crippen LogP contribution is -1.96. The Morgan fingerprint density at radius 2 is 2.29 bits per heavy atom. The van der Waals surface area contributed by atoms with Gasteiger partial charge < -0.3 is 5.11 Å². The molecule has 2 aromatic heterocycles. The average Bonchev–Trinajstić information content (AvgIpc) is 2.56.